The zero-order valence-corrected chi connectivity index (χ0v) is 15.4. The number of esters is 1. The second-order valence-electron chi connectivity index (χ2n) is 6.12. The van der Waals surface area contributed by atoms with Gasteiger partial charge in [-0.2, -0.15) is 0 Å². The first-order valence-corrected chi connectivity index (χ1v) is 8.48. The maximum Gasteiger partial charge on any atom is 0.359 e. The number of anilines is 1. The van der Waals surface area contributed by atoms with Crippen molar-refractivity contribution >= 4 is 22.6 Å². The van der Waals surface area contributed by atoms with E-state index in [1.807, 2.05) is 50.2 Å². The number of nitrogen functional groups attached to an aromatic ring is 1. The largest absolute Gasteiger partial charge is 0.496 e. The molecule has 0 amide bonds. The summed E-state index contributed by atoms with van der Waals surface area (Å²) in [5.41, 5.74) is 11.3. The van der Waals surface area contributed by atoms with Crippen molar-refractivity contribution in [1.29, 1.82) is 0 Å². The predicted molar refractivity (Wildman–Crippen MR) is 104 cm³/mol. The number of nitrogens with zero attached hydrogens (tertiary/aromatic N) is 1. The summed E-state index contributed by atoms with van der Waals surface area (Å²) >= 11 is 0. The topological polar surface area (TPSA) is 74.4 Å². The van der Waals surface area contributed by atoms with E-state index >= 15 is 0 Å². The Morgan fingerprint density at radius 1 is 1.19 bits per heavy atom. The molecule has 2 N–H and O–H groups in total. The van der Waals surface area contributed by atoms with Crippen LogP contribution in [0, 0.1) is 13.8 Å². The summed E-state index contributed by atoms with van der Waals surface area (Å²) in [6.07, 6.45) is 0. The number of hydrogen-bond donors (Lipinski definition) is 1. The van der Waals surface area contributed by atoms with Crippen LogP contribution in [0.25, 0.3) is 22.0 Å². The van der Waals surface area contributed by atoms with Gasteiger partial charge < -0.3 is 15.2 Å². The third kappa shape index (κ3) is 2.96. The van der Waals surface area contributed by atoms with E-state index in [1.165, 1.54) is 0 Å². The highest BCUT2D eigenvalue weighted by Gasteiger charge is 2.22. The molecular formula is C21H22N2O3. The fraction of sp³-hybridized carbons (Fsp3) is 0.238. The molecule has 0 saturated carbocycles. The Morgan fingerprint density at radius 2 is 1.96 bits per heavy atom. The number of nitrogens with two attached hydrogens (primary N) is 1. The number of ether oxygens (including phenoxy) is 2. The predicted octanol–water partition coefficient (Wildman–Crippen LogP) is 4.29. The molecule has 134 valence electrons. The molecule has 5 nitrogen and oxygen atoms in total. The first kappa shape index (κ1) is 17.7. The average molecular weight is 350 g/mol. The normalized spacial score (nSPS) is 10.8. The fourth-order valence-electron chi connectivity index (χ4n) is 3.14. The minimum Gasteiger partial charge on any atom is -0.496 e. The number of aromatic nitrogens is 1. The summed E-state index contributed by atoms with van der Waals surface area (Å²) in [5, 5.41) is 0.887. The Labute approximate surface area is 152 Å². The average Bonchev–Trinajstić information content (AvgIpc) is 2.62. The van der Waals surface area contributed by atoms with Gasteiger partial charge in [-0.25, -0.2) is 9.78 Å². The first-order valence-electron chi connectivity index (χ1n) is 8.48. The van der Waals surface area contributed by atoms with Gasteiger partial charge in [-0.3, -0.25) is 0 Å². The molecule has 0 unspecified atom stereocenters. The van der Waals surface area contributed by atoms with Gasteiger partial charge in [0.1, 0.15) is 5.75 Å². The summed E-state index contributed by atoms with van der Waals surface area (Å²) in [7, 11) is 1.63. The number of pyridine rings is 1. The van der Waals surface area contributed by atoms with Crippen LogP contribution < -0.4 is 10.5 Å². The van der Waals surface area contributed by atoms with Gasteiger partial charge in [-0.15, -0.1) is 0 Å². The molecule has 0 aliphatic carbocycles. The van der Waals surface area contributed by atoms with Gasteiger partial charge in [0.25, 0.3) is 0 Å². The van der Waals surface area contributed by atoms with Crippen LogP contribution in [0.2, 0.25) is 0 Å². The van der Waals surface area contributed by atoms with Gasteiger partial charge in [0.15, 0.2) is 5.69 Å². The quantitative estimate of drug-likeness (QED) is 0.711. The molecule has 3 rings (SSSR count). The number of fused-ring (bicyclic) bond motifs is 1. The monoisotopic (exact) mass is 350 g/mol. The Hall–Kier alpha value is -3.08. The number of rotatable bonds is 4. The lowest BCUT2D eigenvalue weighted by atomic mass is 9.93. The smallest absolute Gasteiger partial charge is 0.359 e. The molecule has 0 aliphatic rings. The highest BCUT2D eigenvalue weighted by Crippen LogP contribution is 2.39. The maximum absolute atomic E-state index is 12.4. The van der Waals surface area contributed by atoms with Crippen molar-refractivity contribution in [2.75, 3.05) is 19.5 Å². The summed E-state index contributed by atoms with van der Waals surface area (Å²) in [6, 6.07) is 11.7. The minimum absolute atomic E-state index is 0.141. The number of aryl methyl sites for hydroxylation is 1. The second-order valence-corrected chi connectivity index (χ2v) is 6.12. The van der Waals surface area contributed by atoms with Gasteiger partial charge in [0.05, 0.1) is 24.9 Å². The standard InChI is InChI=1S/C21H22N2O3/c1-5-26-21(24)20-19(22)18(14-7-6-8-17(25-4)13(14)3)15-10-9-12(2)11-16(15)23-20/h6-11H,5,22H2,1-4H3. The summed E-state index contributed by atoms with van der Waals surface area (Å²) in [5.74, 6) is 0.242. The van der Waals surface area contributed by atoms with E-state index in [-0.39, 0.29) is 12.3 Å². The summed E-state index contributed by atoms with van der Waals surface area (Å²) < 4.78 is 10.6. The molecule has 0 bridgehead atoms. The number of carbonyl (C=O) groups excluding carboxylic acids is 1. The second kappa shape index (κ2) is 7.04. The van der Waals surface area contributed by atoms with Crippen molar-refractivity contribution < 1.29 is 14.3 Å². The maximum atomic E-state index is 12.4. The van der Waals surface area contributed by atoms with E-state index in [0.717, 1.165) is 33.4 Å². The number of hydrogen-bond acceptors (Lipinski definition) is 5. The van der Waals surface area contributed by atoms with E-state index in [2.05, 4.69) is 4.98 Å². The highest BCUT2D eigenvalue weighted by molar-refractivity contribution is 6.08. The van der Waals surface area contributed by atoms with Crippen molar-refractivity contribution in [1.82, 2.24) is 4.98 Å². The Bertz CT molecular complexity index is 996. The molecule has 1 heterocycles. The van der Waals surface area contributed by atoms with Crippen LogP contribution in [0.1, 0.15) is 28.5 Å². The van der Waals surface area contributed by atoms with E-state index in [4.69, 9.17) is 15.2 Å². The lowest BCUT2D eigenvalue weighted by molar-refractivity contribution is 0.0521. The van der Waals surface area contributed by atoms with Crippen LogP contribution in [0.4, 0.5) is 5.69 Å². The highest BCUT2D eigenvalue weighted by atomic mass is 16.5. The van der Waals surface area contributed by atoms with Gasteiger partial charge in [0.2, 0.25) is 0 Å². The van der Waals surface area contributed by atoms with Crippen LogP contribution in [-0.2, 0) is 4.74 Å². The van der Waals surface area contributed by atoms with E-state index in [0.29, 0.717) is 11.2 Å². The van der Waals surface area contributed by atoms with Crippen molar-refractivity contribution in [2.45, 2.75) is 20.8 Å². The lowest BCUT2D eigenvalue weighted by Gasteiger charge is -2.17. The molecule has 2 aromatic carbocycles. The molecule has 0 aliphatic heterocycles. The first-order chi connectivity index (χ1) is 12.5. The van der Waals surface area contributed by atoms with Gasteiger partial charge in [0, 0.05) is 10.9 Å². The third-order valence-electron chi connectivity index (χ3n) is 4.42. The van der Waals surface area contributed by atoms with Crippen LogP contribution in [0.15, 0.2) is 36.4 Å². The van der Waals surface area contributed by atoms with Crippen molar-refractivity contribution in [3.63, 3.8) is 0 Å². The van der Waals surface area contributed by atoms with Crippen LogP contribution in [0.3, 0.4) is 0 Å². The number of carbonyl (C=O) groups is 1. The van der Waals surface area contributed by atoms with Crippen molar-refractivity contribution in [3.8, 4) is 16.9 Å². The van der Waals surface area contributed by atoms with E-state index < -0.39 is 5.97 Å². The zero-order valence-electron chi connectivity index (χ0n) is 15.4. The number of methoxy groups -OCH3 is 1. The van der Waals surface area contributed by atoms with E-state index in [1.54, 1.807) is 14.0 Å². The van der Waals surface area contributed by atoms with Crippen LogP contribution in [0.5, 0.6) is 5.75 Å². The van der Waals surface area contributed by atoms with Crippen molar-refractivity contribution in [2.24, 2.45) is 0 Å². The molecule has 1 aromatic heterocycles. The lowest BCUT2D eigenvalue weighted by Crippen LogP contribution is -2.12. The summed E-state index contributed by atoms with van der Waals surface area (Å²) in [4.78, 5) is 16.9. The summed E-state index contributed by atoms with van der Waals surface area (Å²) in [6.45, 7) is 5.97. The molecular weight excluding hydrogens is 328 g/mol. The molecule has 26 heavy (non-hydrogen) atoms. The molecule has 0 fully saturated rings. The third-order valence-corrected chi connectivity index (χ3v) is 4.42. The van der Waals surface area contributed by atoms with Crippen molar-refractivity contribution in [3.05, 3.63) is 53.2 Å². The minimum atomic E-state index is -0.518. The van der Waals surface area contributed by atoms with E-state index in [9.17, 15) is 4.79 Å². The van der Waals surface area contributed by atoms with Gasteiger partial charge in [-0.1, -0.05) is 24.3 Å². The zero-order chi connectivity index (χ0) is 18.8. The number of benzene rings is 2. The van der Waals surface area contributed by atoms with Crippen LogP contribution in [-0.4, -0.2) is 24.7 Å². The van der Waals surface area contributed by atoms with Gasteiger partial charge in [-0.05, 0) is 49.6 Å². The Kier molecular flexibility index (Phi) is 4.80. The SMILES string of the molecule is CCOC(=O)c1nc2cc(C)ccc2c(-c2cccc(OC)c2C)c1N. The molecule has 5 heteroatoms. The van der Waals surface area contributed by atoms with Gasteiger partial charge >= 0.3 is 5.97 Å². The molecule has 0 atom stereocenters. The fourth-order valence-corrected chi connectivity index (χ4v) is 3.14. The Morgan fingerprint density at radius 3 is 2.65 bits per heavy atom. The molecule has 0 radical (unpaired) electrons. The Balaban J connectivity index is 2.40. The molecule has 0 spiro atoms. The molecule has 3 aromatic rings. The molecule has 0 saturated heterocycles. The van der Waals surface area contributed by atoms with Crippen LogP contribution >= 0.6 is 0 Å².